The molecule has 0 saturated heterocycles. The zero-order chi connectivity index (χ0) is 21.1. The summed E-state index contributed by atoms with van der Waals surface area (Å²) in [4.78, 5) is 25.2. The zero-order valence-electron chi connectivity index (χ0n) is 16.7. The van der Waals surface area contributed by atoms with E-state index in [9.17, 15) is 14.7 Å². The lowest BCUT2D eigenvalue weighted by Gasteiger charge is -2.16. The van der Waals surface area contributed by atoms with Gasteiger partial charge in [0.15, 0.2) is 0 Å². The predicted molar refractivity (Wildman–Crippen MR) is 111 cm³/mol. The maximum absolute atomic E-state index is 12.7. The summed E-state index contributed by atoms with van der Waals surface area (Å²) in [7, 11) is 0. The number of rotatable bonds is 9. The van der Waals surface area contributed by atoms with Crippen molar-refractivity contribution in [3.05, 3.63) is 95.1 Å². The van der Waals surface area contributed by atoms with Crippen LogP contribution in [-0.2, 0) is 32.3 Å². The largest absolute Gasteiger partial charge is 0.457 e. The topological polar surface area (TPSA) is 72.8 Å². The van der Waals surface area contributed by atoms with Crippen LogP contribution in [0.3, 0.4) is 0 Å². The first kappa shape index (κ1) is 22.1. The number of carbonyl (C=O) groups excluding carboxylic acids is 2. The van der Waals surface area contributed by atoms with Gasteiger partial charge >= 0.3 is 11.9 Å². The van der Waals surface area contributed by atoms with Crippen LogP contribution >= 0.6 is 0 Å². The van der Waals surface area contributed by atoms with Crippen LogP contribution < -0.4 is 0 Å². The first-order valence-corrected chi connectivity index (χ1v) is 9.45. The van der Waals surface area contributed by atoms with Crippen LogP contribution in [0.15, 0.2) is 84.0 Å². The van der Waals surface area contributed by atoms with E-state index in [1.165, 1.54) is 6.92 Å². The van der Waals surface area contributed by atoms with Gasteiger partial charge in [0.2, 0.25) is 0 Å². The van der Waals surface area contributed by atoms with Crippen molar-refractivity contribution in [3.63, 3.8) is 0 Å². The molecule has 152 valence electrons. The van der Waals surface area contributed by atoms with Crippen LogP contribution in [0.25, 0.3) is 0 Å². The van der Waals surface area contributed by atoms with Crippen LogP contribution in [0, 0.1) is 0 Å². The Morgan fingerprint density at radius 2 is 1.38 bits per heavy atom. The summed E-state index contributed by atoms with van der Waals surface area (Å²) in [6.45, 7) is 3.40. The Morgan fingerprint density at radius 1 is 0.897 bits per heavy atom. The normalized spacial score (nSPS) is 12.9. The summed E-state index contributed by atoms with van der Waals surface area (Å²) in [6, 6.07) is 18.4. The van der Waals surface area contributed by atoms with Gasteiger partial charge in [0, 0.05) is 5.57 Å². The second-order valence-electron chi connectivity index (χ2n) is 6.48. The minimum atomic E-state index is -1.17. The molecule has 2 rings (SSSR count). The fraction of sp³-hybridized carbons (Fsp3) is 0.250. The molecule has 0 aliphatic carbocycles. The molecule has 0 bridgehead atoms. The monoisotopic (exact) mass is 394 g/mol. The Hall–Kier alpha value is -3.18. The molecule has 0 amide bonds. The Kier molecular flexibility index (Phi) is 8.86. The molecule has 0 aliphatic heterocycles. The van der Waals surface area contributed by atoms with Crippen LogP contribution in [0.1, 0.15) is 31.4 Å². The highest BCUT2D eigenvalue weighted by Gasteiger charge is 2.26. The third-order valence-electron chi connectivity index (χ3n) is 4.28. The van der Waals surface area contributed by atoms with Crippen molar-refractivity contribution in [3.8, 4) is 0 Å². The van der Waals surface area contributed by atoms with Crippen molar-refractivity contribution in [1.82, 2.24) is 0 Å². The van der Waals surface area contributed by atoms with Crippen molar-refractivity contribution in [2.24, 2.45) is 0 Å². The predicted octanol–water partition coefficient (Wildman–Crippen LogP) is 4.12. The Bertz CT molecular complexity index is 853. The van der Waals surface area contributed by atoms with E-state index < -0.39 is 18.0 Å². The molecule has 1 atom stereocenters. The summed E-state index contributed by atoms with van der Waals surface area (Å²) in [6.07, 6.45) is 2.51. The molecule has 2 aromatic rings. The minimum Gasteiger partial charge on any atom is -0.457 e. The van der Waals surface area contributed by atoms with Gasteiger partial charge in [-0.25, -0.2) is 9.59 Å². The Balaban J connectivity index is 2.15. The van der Waals surface area contributed by atoms with E-state index in [-0.39, 0.29) is 30.8 Å². The van der Waals surface area contributed by atoms with E-state index in [0.717, 1.165) is 11.1 Å². The number of carbonyl (C=O) groups is 2. The fourth-order valence-corrected chi connectivity index (χ4v) is 2.66. The number of aliphatic hydroxyl groups excluding tert-OH is 1. The molecule has 1 N–H and O–H groups in total. The molecule has 0 heterocycles. The van der Waals surface area contributed by atoms with Gasteiger partial charge in [-0.2, -0.15) is 0 Å². The molecular weight excluding hydrogens is 368 g/mol. The molecule has 2 aromatic carbocycles. The average molecular weight is 394 g/mol. The number of aliphatic hydroxyl groups is 1. The van der Waals surface area contributed by atoms with Crippen LogP contribution in [0.5, 0.6) is 0 Å². The highest BCUT2D eigenvalue weighted by molar-refractivity contribution is 6.00. The van der Waals surface area contributed by atoms with Crippen LogP contribution in [0.4, 0.5) is 0 Å². The molecule has 0 aromatic heterocycles. The van der Waals surface area contributed by atoms with Crippen molar-refractivity contribution in [2.75, 3.05) is 0 Å². The van der Waals surface area contributed by atoms with E-state index >= 15 is 0 Å². The van der Waals surface area contributed by atoms with E-state index in [0.29, 0.717) is 0 Å². The summed E-state index contributed by atoms with van der Waals surface area (Å²) in [5.41, 5.74) is 1.59. The quantitative estimate of drug-likeness (QED) is 0.394. The molecular formula is C24H26O5. The summed E-state index contributed by atoms with van der Waals surface area (Å²) in [5, 5.41) is 10.5. The fourth-order valence-electron chi connectivity index (χ4n) is 2.66. The molecule has 0 radical (unpaired) electrons. The first-order valence-electron chi connectivity index (χ1n) is 9.45. The second kappa shape index (κ2) is 11.6. The van der Waals surface area contributed by atoms with Gasteiger partial charge < -0.3 is 14.6 Å². The van der Waals surface area contributed by atoms with Gasteiger partial charge in [-0.05, 0) is 31.4 Å². The van der Waals surface area contributed by atoms with Crippen LogP contribution in [0.2, 0.25) is 0 Å². The summed E-state index contributed by atoms with van der Waals surface area (Å²) >= 11 is 0. The summed E-state index contributed by atoms with van der Waals surface area (Å²) in [5.74, 6) is -1.40. The lowest BCUT2D eigenvalue weighted by Crippen LogP contribution is -2.24. The smallest absolute Gasteiger partial charge is 0.337 e. The van der Waals surface area contributed by atoms with E-state index in [4.69, 9.17) is 9.47 Å². The number of ether oxygens (including phenoxy) is 2. The highest BCUT2D eigenvalue weighted by Crippen LogP contribution is 2.18. The standard InChI is InChI=1S/C24H26O5/c1-3-4-15-21(25)22(24(27)29-17-20-13-9-6-10-14-20)18(2)23(26)28-16-19-11-7-5-8-12-19/h3-14,21,25H,15-17H2,1-2H3/b4-3+,22-18-/t21-/m0/s1. The van der Waals surface area contributed by atoms with Crippen molar-refractivity contribution in [1.29, 1.82) is 0 Å². The van der Waals surface area contributed by atoms with Gasteiger partial charge in [0.05, 0.1) is 11.7 Å². The lowest BCUT2D eigenvalue weighted by molar-refractivity contribution is -0.144. The van der Waals surface area contributed by atoms with Gasteiger partial charge in [-0.3, -0.25) is 0 Å². The van der Waals surface area contributed by atoms with Gasteiger partial charge in [0.1, 0.15) is 13.2 Å². The average Bonchev–Trinajstić information content (AvgIpc) is 2.76. The molecule has 5 nitrogen and oxygen atoms in total. The van der Waals surface area contributed by atoms with Crippen molar-refractivity contribution < 1.29 is 24.2 Å². The third kappa shape index (κ3) is 7.05. The summed E-state index contributed by atoms with van der Waals surface area (Å²) < 4.78 is 10.6. The number of allylic oxidation sites excluding steroid dienone is 1. The van der Waals surface area contributed by atoms with E-state index in [1.54, 1.807) is 12.2 Å². The lowest BCUT2D eigenvalue weighted by atomic mass is 10.0. The number of hydrogen-bond donors (Lipinski definition) is 1. The number of hydrogen-bond acceptors (Lipinski definition) is 5. The minimum absolute atomic E-state index is 0.0380. The highest BCUT2D eigenvalue weighted by atomic mass is 16.5. The van der Waals surface area contributed by atoms with Gasteiger partial charge in [-0.15, -0.1) is 0 Å². The molecule has 29 heavy (non-hydrogen) atoms. The van der Waals surface area contributed by atoms with Gasteiger partial charge in [-0.1, -0.05) is 72.8 Å². The van der Waals surface area contributed by atoms with Crippen LogP contribution in [-0.4, -0.2) is 23.1 Å². The molecule has 0 fully saturated rings. The van der Waals surface area contributed by atoms with E-state index in [2.05, 4.69) is 0 Å². The molecule has 0 spiro atoms. The molecule has 5 heteroatoms. The number of benzene rings is 2. The molecule has 0 aliphatic rings. The maximum atomic E-state index is 12.7. The second-order valence-corrected chi connectivity index (χ2v) is 6.48. The first-order chi connectivity index (χ1) is 14.0. The van der Waals surface area contributed by atoms with E-state index in [1.807, 2.05) is 67.6 Å². The van der Waals surface area contributed by atoms with Crippen molar-refractivity contribution >= 4 is 11.9 Å². The Morgan fingerprint density at radius 3 is 1.86 bits per heavy atom. The maximum Gasteiger partial charge on any atom is 0.337 e. The van der Waals surface area contributed by atoms with Gasteiger partial charge in [0.25, 0.3) is 0 Å². The van der Waals surface area contributed by atoms with Crippen molar-refractivity contribution in [2.45, 2.75) is 39.6 Å². The number of esters is 2. The molecule has 0 saturated carbocycles. The zero-order valence-corrected chi connectivity index (χ0v) is 16.7. The third-order valence-corrected chi connectivity index (χ3v) is 4.28. The Labute approximate surface area is 171 Å². The SMILES string of the molecule is C/C=C/C[C@H](O)/C(C(=O)OCc1ccccc1)=C(\C)C(=O)OCc1ccccc1. The molecule has 0 unspecified atom stereocenters.